The van der Waals surface area contributed by atoms with Crippen molar-refractivity contribution in [2.24, 2.45) is 5.73 Å². The fraction of sp³-hybridized carbons (Fsp3) is 0.136. The molecule has 0 spiro atoms. The van der Waals surface area contributed by atoms with Gasteiger partial charge >= 0.3 is 6.18 Å². The van der Waals surface area contributed by atoms with Gasteiger partial charge in [-0.05, 0) is 60.7 Å². The summed E-state index contributed by atoms with van der Waals surface area (Å²) in [5, 5.41) is 5.20. The SMILES string of the molecule is NC(=O)c1ccc(Oc2ccc(C(=O)NCCNc3ncccc3C(F)(F)F)cc2)cc1. The third-order valence-corrected chi connectivity index (χ3v) is 4.31. The molecule has 2 amide bonds. The maximum absolute atomic E-state index is 12.9. The first kappa shape index (κ1) is 22.6. The number of carbonyl (C=O) groups excluding carboxylic acids is 2. The summed E-state index contributed by atoms with van der Waals surface area (Å²) in [6, 6.07) is 14.7. The molecule has 4 N–H and O–H groups in total. The first-order valence-electron chi connectivity index (χ1n) is 9.46. The number of aromatic nitrogens is 1. The van der Waals surface area contributed by atoms with Crippen molar-refractivity contribution in [1.29, 1.82) is 0 Å². The molecule has 1 aromatic heterocycles. The summed E-state index contributed by atoms with van der Waals surface area (Å²) in [6.07, 6.45) is -3.26. The molecular formula is C22H19F3N4O3. The molecule has 0 aliphatic carbocycles. The highest BCUT2D eigenvalue weighted by Gasteiger charge is 2.33. The Labute approximate surface area is 181 Å². The molecule has 166 valence electrons. The second-order valence-corrected chi connectivity index (χ2v) is 6.60. The van der Waals surface area contributed by atoms with Gasteiger partial charge in [-0.1, -0.05) is 0 Å². The number of carbonyl (C=O) groups is 2. The molecule has 0 radical (unpaired) electrons. The quantitative estimate of drug-likeness (QED) is 0.458. The Hall–Kier alpha value is -4.08. The van der Waals surface area contributed by atoms with E-state index in [1.54, 1.807) is 36.4 Å². The molecule has 0 atom stereocenters. The molecule has 0 aliphatic rings. The average Bonchev–Trinajstić information content (AvgIpc) is 2.77. The number of pyridine rings is 1. The first-order chi connectivity index (χ1) is 15.2. The molecule has 0 bridgehead atoms. The van der Waals surface area contributed by atoms with Crippen molar-refractivity contribution >= 4 is 17.6 Å². The van der Waals surface area contributed by atoms with E-state index in [2.05, 4.69) is 15.6 Å². The zero-order valence-electron chi connectivity index (χ0n) is 16.6. The van der Waals surface area contributed by atoms with Gasteiger partial charge in [0.05, 0.1) is 5.56 Å². The third-order valence-electron chi connectivity index (χ3n) is 4.31. The van der Waals surface area contributed by atoms with E-state index in [4.69, 9.17) is 10.5 Å². The van der Waals surface area contributed by atoms with Crippen LogP contribution in [0.4, 0.5) is 19.0 Å². The van der Waals surface area contributed by atoms with Gasteiger partial charge < -0.3 is 21.1 Å². The van der Waals surface area contributed by atoms with E-state index in [9.17, 15) is 22.8 Å². The van der Waals surface area contributed by atoms with Crippen LogP contribution in [0.3, 0.4) is 0 Å². The molecule has 3 rings (SSSR count). The molecule has 32 heavy (non-hydrogen) atoms. The van der Waals surface area contributed by atoms with E-state index in [1.807, 2.05) is 0 Å². The largest absolute Gasteiger partial charge is 0.457 e. The van der Waals surface area contributed by atoms with Gasteiger partial charge in [0, 0.05) is 30.4 Å². The number of nitrogens with two attached hydrogens (primary N) is 1. The number of hydrogen-bond acceptors (Lipinski definition) is 5. The summed E-state index contributed by atoms with van der Waals surface area (Å²) in [7, 11) is 0. The second-order valence-electron chi connectivity index (χ2n) is 6.60. The Morgan fingerprint density at radius 2 is 1.50 bits per heavy atom. The van der Waals surface area contributed by atoms with Gasteiger partial charge in [-0.2, -0.15) is 13.2 Å². The van der Waals surface area contributed by atoms with E-state index >= 15 is 0 Å². The number of rotatable bonds is 8. The van der Waals surface area contributed by atoms with Crippen LogP contribution >= 0.6 is 0 Å². The number of primary amides is 1. The van der Waals surface area contributed by atoms with Crippen LogP contribution in [0.5, 0.6) is 11.5 Å². The Morgan fingerprint density at radius 3 is 2.06 bits per heavy atom. The number of amides is 2. The number of nitrogens with one attached hydrogen (secondary N) is 2. The van der Waals surface area contributed by atoms with Gasteiger partial charge in [0.15, 0.2) is 0 Å². The fourth-order valence-corrected chi connectivity index (χ4v) is 2.73. The highest BCUT2D eigenvalue weighted by atomic mass is 19.4. The lowest BCUT2D eigenvalue weighted by molar-refractivity contribution is -0.137. The van der Waals surface area contributed by atoms with E-state index in [0.29, 0.717) is 22.6 Å². The first-order valence-corrected chi connectivity index (χ1v) is 9.46. The highest BCUT2D eigenvalue weighted by molar-refractivity contribution is 5.94. The maximum atomic E-state index is 12.9. The van der Waals surface area contributed by atoms with E-state index in [1.165, 1.54) is 24.4 Å². The molecule has 0 saturated heterocycles. The van der Waals surface area contributed by atoms with Crippen LogP contribution in [-0.2, 0) is 6.18 Å². The Bertz CT molecular complexity index is 1080. The predicted molar refractivity (Wildman–Crippen MR) is 112 cm³/mol. The molecule has 1 heterocycles. The smallest absolute Gasteiger partial charge is 0.419 e. The van der Waals surface area contributed by atoms with Gasteiger partial charge in [-0.15, -0.1) is 0 Å². The molecule has 10 heteroatoms. The normalized spacial score (nSPS) is 11.0. The average molecular weight is 444 g/mol. The number of alkyl halides is 3. The van der Waals surface area contributed by atoms with Gasteiger partial charge in [0.1, 0.15) is 17.3 Å². The Balaban J connectivity index is 1.49. The van der Waals surface area contributed by atoms with Crippen LogP contribution in [0.25, 0.3) is 0 Å². The second kappa shape index (κ2) is 9.82. The van der Waals surface area contributed by atoms with E-state index < -0.39 is 17.6 Å². The number of anilines is 1. The van der Waals surface area contributed by atoms with Gasteiger partial charge in [-0.3, -0.25) is 9.59 Å². The Kier molecular flexibility index (Phi) is 6.93. The lowest BCUT2D eigenvalue weighted by Gasteiger charge is -2.13. The van der Waals surface area contributed by atoms with Crippen LogP contribution < -0.4 is 21.1 Å². The van der Waals surface area contributed by atoms with Crippen molar-refractivity contribution in [1.82, 2.24) is 10.3 Å². The minimum atomic E-state index is -4.52. The number of nitrogens with zero attached hydrogens (tertiary/aromatic N) is 1. The topological polar surface area (TPSA) is 106 Å². The Morgan fingerprint density at radius 1 is 0.906 bits per heavy atom. The summed E-state index contributed by atoms with van der Waals surface area (Å²) in [5.74, 6) is -0.250. The van der Waals surface area contributed by atoms with Gasteiger partial charge in [-0.25, -0.2) is 4.98 Å². The van der Waals surface area contributed by atoms with E-state index in [-0.39, 0.29) is 24.8 Å². The molecule has 0 fully saturated rings. The third kappa shape index (κ3) is 5.97. The minimum Gasteiger partial charge on any atom is -0.457 e. The van der Waals surface area contributed by atoms with Crippen molar-refractivity contribution in [3.05, 3.63) is 83.6 Å². The fourth-order valence-electron chi connectivity index (χ4n) is 2.73. The standard InChI is InChI=1S/C22H19F3N4O3/c23-22(24,25)18-2-1-11-27-20(18)28-12-13-29-21(31)15-5-9-17(10-6-15)32-16-7-3-14(4-8-16)19(26)30/h1-11H,12-13H2,(H2,26,30)(H,27,28)(H,29,31). The molecule has 0 unspecified atom stereocenters. The number of halogens is 3. The summed E-state index contributed by atoms with van der Waals surface area (Å²) < 4.78 is 44.5. The predicted octanol–water partition coefficient (Wildman–Crippen LogP) is 3.83. The van der Waals surface area contributed by atoms with Crippen LogP contribution in [-0.4, -0.2) is 29.9 Å². The molecule has 0 saturated carbocycles. The van der Waals surface area contributed by atoms with Crippen LogP contribution in [0.15, 0.2) is 66.9 Å². The maximum Gasteiger partial charge on any atom is 0.419 e. The molecule has 7 nitrogen and oxygen atoms in total. The van der Waals surface area contributed by atoms with Crippen molar-refractivity contribution < 1.29 is 27.5 Å². The minimum absolute atomic E-state index is 0.0638. The lowest BCUT2D eigenvalue weighted by atomic mass is 10.2. The molecule has 0 aliphatic heterocycles. The monoisotopic (exact) mass is 444 g/mol. The van der Waals surface area contributed by atoms with Crippen molar-refractivity contribution in [2.45, 2.75) is 6.18 Å². The van der Waals surface area contributed by atoms with Crippen molar-refractivity contribution in [3.63, 3.8) is 0 Å². The van der Waals surface area contributed by atoms with Crippen LogP contribution in [0.2, 0.25) is 0 Å². The highest BCUT2D eigenvalue weighted by Crippen LogP contribution is 2.33. The van der Waals surface area contributed by atoms with Crippen molar-refractivity contribution in [3.8, 4) is 11.5 Å². The summed E-state index contributed by atoms with van der Waals surface area (Å²) in [5.41, 5.74) is 5.03. The zero-order valence-corrected chi connectivity index (χ0v) is 16.6. The number of benzene rings is 2. The van der Waals surface area contributed by atoms with Crippen LogP contribution in [0.1, 0.15) is 26.3 Å². The van der Waals surface area contributed by atoms with Crippen LogP contribution in [0, 0.1) is 0 Å². The summed E-state index contributed by atoms with van der Waals surface area (Å²) in [6.45, 7) is 0.158. The van der Waals surface area contributed by atoms with Gasteiger partial charge in [0.25, 0.3) is 5.91 Å². The molecular weight excluding hydrogens is 425 g/mol. The lowest BCUT2D eigenvalue weighted by Crippen LogP contribution is -2.29. The number of hydrogen-bond donors (Lipinski definition) is 3. The number of ether oxygens (including phenoxy) is 1. The van der Waals surface area contributed by atoms with Crippen molar-refractivity contribution in [2.75, 3.05) is 18.4 Å². The summed E-state index contributed by atoms with van der Waals surface area (Å²) >= 11 is 0. The van der Waals surface area contributed by atoms with Gasteiger partial charge in [0.2, 0.25) is 5.91 Å². The summed E-state index contributed by atoms with van der Waals surface area (Å²) in [4.78, 5) is 27.0. The zero-order chi connectivity index (χ0) is 23.1. The molecule has 3 aromatic rings. The molecule has 2 aromatic carbocycles. The van der Waals surface area contributed by atoms with E-state index in [0.717, 1.165) is 6.07 Å².